The first-order valence-electron chi connectivity index (χ1n) is 9.36. The van der Waals surface area contributed by atoms with Crippen molar-refractivity contribution in [3.8, 4) is 11.1 Å². The molecule has 28 heavy (non-hydrogen) atoms. The van der Waals surface area contributed by atoms with Gasteiger partial charge >= 0.3 is 5.97 Å². The molecule has 0 radical (unpaired) electrons. The number of fused-ring (bicyclic) bond motifs is 2. The number of aromatic nitrogens is 4. The minimum atomic E-state index is -0.706. The number of piperidine rings is 1. The normalized spacial score (nSPS) is 15.4. The summed E-state index contributed by atoms with van der Waals surface area (Å²) in [6, 6.07) is 10.2. The van der Waals surface area contributed by atoms with Crippen LogP contribution in [0.4, 0.5) is 5.82 Å². The van der Waals surface area contributed by atoms with Gasteiger partial charge in [-0.05, 0) is 42.7 Å². The number of H-pyrrole nitrogens is 1. The number of carboxylic acids is 1. The fourth-order valence-corrected chi connectivity index (χ4v) is 4.00. The number of pyridine rings is 1. The monoisotopic (exact) mass is 373 g/mol. The van der Waals surface area contributed by atoms with E-state index >= 15 is 0 Å². The zero-order valence-electron chi connectivity index (χ0n) is 15.2. The Balaban J connectivity index is 1.56. The van der Waals surface area contributed by atoms with Crippen LogP contribution < -0.4 is 4.90 Å². The molecule has 0 unspecified atom stereocenters. The van der Waals surface area contributed by atoms with E-state index in [0.29, 0.717) is 25.9 Å². The predicted octanol–water partition coefficient (Wildman–Crippen LogP) is 3.47. The Hall–Kier alpha value is -3.48. The Morgan fingerprint density at radius 1 is 1.11 bits per heavy atom. The van der Waals surface area contributed by atoms with Gasteiger partial charge in [0.25, 0.3) is 0 Å². The number of nitrogens with zero attached hydrogens (tertiary/aromatic N) is 4. The number of hydrogen-bond acceptors (Lipinski definition) is 5. The number of aliphatic carboxylic acids is 1. The highest BCUT2D eigenvalue weighted by Crippen LogP contribution is 2.33. The van der Waals surface area contributed by atoms with E-state index in [9.17, 15) is 9.90 Å². The molecule has 5 rings (SSSR count). The maximum Gasteiger partial charge on any atom is 0.306 e. The maximum atomic E-state index is 11.2. The summed E-state index contributed by atoms with van der Waals surface area (Å²) in [6.45, 7) is 1.37. The van der Waals surface area contributed by atoms with Crippen LogP contribution in [0.5, 0.6) is 0 Å². The third-order valence-electron chi connectivity index (χ3n) is 5.52. The summed E-state index contributed by atoms with van der Waals surface area (Å²) in [5, 5.41) is 11.3. The van der Waals surface area contributed by atoms with Crippen LogP contribution in [0.3, 0.4) is 0 Å². The van der Waals surface area contributed by atoms with Crippen molar-refractivity contribution in [2.75, 3.05) is 18.0 Å². The van der Waals surface area contributed by atoms with Crippen molar-refractivity contribution in [3.63, 3.8) is 0 Å². The Labute approximate surface area is 161 Å². The summed E-state index contributed by atoms with van der Waals surface area (Å²) in [5.41, 5.74) is 3.90. The molecule has 2 N–H and O–H groups in total. The van der Waals surface area contributed by atoms with Gasteiger partial charge in [0.2, 0.25) is 0 Å². The molecule has 0 amide bonds. The molecule has 0 atom stereocenters. The molecule has 1 fully saturated rings. The Kier molecular flexibility index (Phi) is 3.93. The first kappa shape index (κ1) is 16.7. The Bertz CT molecular complexity index is 1180. The van der Waals surface area contributed by atoms with Crippen LogP contribution in [0.2, 0.25) is 0 Å². The lowest BCUT2D eigenvalue weighted by molar-refractivity contribution is -0.142. The fraction of sp³-hybridized carbons (Fsp3) is 0.238. The van der Waals surface area contributed by atoms with Crippen LogP contribution in [0, 0.1) is 5.92 Å². The number of aromatic amines is 1. The second-order valence-corrected chi connectivity index (χ2v) is 7.13. The molecule has 1 aliphatic heterocycles. The molecular formula is C21H19N5O2. The number of benzene rings is 1. The average Bonchev–Trinajstić information content (AvgIpc) is 3.17. The minimum absolute atomic E-state index is 0.265. The van der Waals surface area contributed by atoms with Crippen LogP contribution in [-0.2, 0) is 4.79 Å². The topological polar surface area (TPSA) is 95.0 Å². The third-order valence-corrected chi connectivity index (χ3v) is 5.52. The van der Waals surface area contributed by atoms with E-state index in [2.05, 4.69) is 43.0 Å². The highest BCUT2D eigenvalue weighted by Gasteiger charge is 2.26. The smallest absolute Gasteiger partial charge is 0.306 e. The van der Waals surface area contributed by atoms with Crippen molar-refractivity contribution < 1.29 is 9.90 Å². The lowest BCUT2D eigenvalue weighted by Crippen LogP contribution is -2.36. The van der Waals surface area contributed by atoms with Gasteiger partial charge in [0.05, 0.1) is 11.4 Å². The van der Waals surface area contributed by atoms with Gasteiger partial charge < -0.3 is 15.0 Å². The molecule has 7 heteroatoms. The van der Waals surface area contributed by atoms with Crippen LogP contribution in [-0.4, -0.2) is 44.1 Å². The molecule has 4 aromatic rings. The first-order valence-corrected chi connectivity index (χ1v) is 9.36. The summed E-state index contributed by atoms with van der Waals surface area (Å²) >= 11 is 0. The van der Waals surface area contributed by atoms with E-state index < -0.39 is 5.97 Å². The third kappa shape index (κ3) is 2.76. The molecule has 0 saturated carbocycles. The van der Waals surface area contributed by atoms with Crippen LogP contribution in [0.25, 0.3) is 33.1 Å². The van der Waals surface area contributed by atoms with Gasteiger partial charge in [0, 0.05) is 41.8 Å². The standard InChI is InChI=1S/C21H19N5O2/c27-21(28)13-5-8-26(9-6-13)20-16-10-14(3-4-18(16)24-12-25-20)17-11-23-19-15(17)2-1-7-22-19/h1-4,7,10-13H,5-6,8-9H2,(H,22,23)(H,27,28). The number of carbonyl (C=O) groups is 1. The number of hydrogen-bond donors (Lipinski definition) is 2. The number of nitrogens with one attached hydrogen (secondary N) is 1. The van der Waals surface area contributed by atoms with Gasteiger partial charge in [-0.15, -0.1) is 0 Å². The molecule has 4 heterocycles. The van der Waals surface area contributed by atoms with Crippen LogP contribution in [0.15, 0.2) is 49.1 Å². The number of carboxylic acid groups (broad SMARTS) is 1. The van der Waals surface area contributed by atoms with Gasteiger partial charge in [-0.3, -0.25) is 4.79 Å². The van der Waals surface area contributed by atoms with Crippen molar-refractivity contribution in [1.29, 1.82) is 0 Å². The number of rotatable bonds is 3. The highest BCUT2D eigenvalue weighted by molar-refractivity contribution is 5.98. The van der Waals surface area contributed by atoms with Crippen LogP contribution >= 0.6 is 0 Å². The summed E-state index contributed by atoms with van der Waals surface area (Å²) in [4.78, 5) is 29.9. The molecule has 7 nitrogen and oxygen atoms in total. The molecule has 0 spiro atoms. The first-order chi connectivity index (χ1) is 13.7. The molecular weight excluding hydrogens is 354 g/mol. The molecule has 0 bridgehead atoms. The van der Waals surface area contributed by atoms with Crippen molar-refractivity contribution in [2.24, 2.45) is 5.92 Å². The van der Waals surface area contributed by atoms with Crippen LogP contribution in [0.1, 0.15) is 12.8 Å². The molecule has 0 aliphatic carbocycles. The lowest BCUT2D eigenvalue weighted by Gasteiger charge is -2.31. The molecule has 1 aliphatic rings. The SMILES string of the molecule is O=C(O)C1CCN(c2ncnc3ccc(-c4c[nH]c5ncccc45)cc23)CC1. The maximum absolute atomic E-state index is 11.2. The largest absolute Gasteiger partial charge is 0.481 e. The second kappa shape index (κ2) is 6.60. The van der Waals surface area contributed by atoms with Crippen molar-refractivity contribution in [1.82, 2.24) is 19.9 Å². The van der Waals surface area contributed by atoms with Gasteiger partial charge in [0.15, 0.2) is 0 Å². The van der Waals surface area contributed by atoms with E-state index in [1.54, 1.807) is 12.5 Å². The van der Waals surface area contributed by atoms with E-state index in [1.165, 1.54) is 0 Å². The second-order valence-electron chi connectivity index (χ2n) is 7.13. The zero-order valence-corrected chi connectivity index (χ0v) is 15.2. The zero-order chi connectivity index (χ0) is 19.1. The molecule has 140 valence electrons. The quantitative estimate of drug-likeness (QED) is 0.571. The van der Waals surface area contributed by atoms with E-state index in [-0.39, 0.29) is 5.92 Å². The van der Waals surface area contributed by atoms with E-state index in [0.717, 1.165) is 38.9 Å². The van der Waals surface area contributed by atoms with Crippen molar-refractivity contribution in [3.05, 3.63) is 49.1 Å². The summed E-state index contributed by atoms with van der Waals surface area (Å²) < 4.78 is 0. The van der Waals surface area contributed by atoms with Crippen molar-refractivity contribution >= 4 is 33.7 Å². The average molecular weight is 373 g/mol. The number of anilines is 1. The molecule has 3 aromatic heterocycles. The van der Waals surface area contributed by atoms with Crippen molar-refractivity contribution in [2.45, 2.75) is 12.8 Å². The van der Waals surface area contributed by atoms with E-state index in [1.807, 2.05) is 18.3 Å². The van der Waals surface area contributed by atoms with Gasteiger partial charge in [-0.1, -0.05) is 6.07 Å². The fourth-order valence-electron chi connectivity index (χ4n) is 4.00. The van der Waals surface area contributed by atoms with Gasteiger partial charge in [-0.2, -0.15) is 0 Å². The van der Waals surface area contributed by atoms with E-state index in [4.69, 9.17) is 0 Å². The predicted molar refractivity (Wildman–Crippen MR) is 107 cm³/mol. The van der Waals surface area contributed by atoms with Gasteiger partial charge in [0.1, 0.15) is 17.8 Å². The molecule has 1 saturated heterocycles. The Morgan fingerprint density at radius 3 is 2.79 bits per heavy atom. The summed E-state index contributed by atoms with van der Waals surface area (Å²) in [7, 11) is 0. The Morgan fingerprint density at radius 2 is 1.96 bits per heavy atom. The summed E-state index contributed by atoms with van der Waals surface area (Å²) in [5.74, 6) is -0.102. The minimum Gasteiger partial charge on any atom is -0.481 e. The van der Waals surface area contributed by atoms with Gasteiger partial charge in [-0.25, -0.2) is 15.0 Å². The molecule has 1 aromatic carbocycles. The summed E-state index contributed by atoms with van der Waals surface area (Å²) in [6.07, 6.45) is 6.59. The highest BCUT2D eigenvalue weighted by atomic mass is 16.4. The lowest BCUT2D eigenvalue weighted by atomic mass is 9.96.